The zero-order valence-electron chi connectivity index (χ0n) is 9.50. The summed E-state index contributed by atoms with van der Waals surface area (Å²) in [5, 5.41) is 1.14. The fraction of sp³-hybridized carbons (Fsp3) is 0.417. The zero-order valence-corrected chi connectivity index (χ0v) is 9.50. The molecule has 0 aromatic heterocycles. The standard InChI is InChI=1S/C12H13F2NO2/c1-8-6-9(11(14)7-10(8)13)12(16)15-4-2-3-5-17-15/h6-7H,2-5H2,1H3. The minimum Gasteiger partial charge on any atom is -0.271 e. The fourth-order valence-corrected chi connectivity index (χ4v) is 1.71. The van der Waals surface area contributed by atoms with E-state index >= 15 is 0 Å². The molecule has 3 nitrogen and oxygen atoms in total. The van der Waals surface area contributed by atoms with Gasteiger partial charge in [0.1, 0.15) is 11.6 Å². The van der Waals surface area contributed by atoms with Crippen molar-refractivity contribution in [2.45, 2.75) is 19.8 Å². The van der Waals surface area contributed by atoms with Gasteiger partial charge in [-0.3, -0.25) is 9.63 Å². The van der Waals surface area contributed by atoms with Crippen molar-refractivity contribution in [3.63, 3.8) is 0 Å². The number of aryl methyl sites for hydroxylation is 1. The molecule has 0 radical (unpaired) electrons. The van der Waals surface area contributed by atoms with Crippen LogP contribution in [0.15, 0.2) is 12.1 Å². The predicted octanol–water partition coefficient (Wildman–Crippen LogP) is 2.44. The Bertz CT molecular complexity index is 442. The van der Waals surface area contributed by atoms with Crippen LogP contribution in [0.4, 0.5) is 8.78 Å². The van der Waals surface area contributed by atoms with Crippen LogP contribution in [0.1, 0.15) is 28.8 Å². The molecular weight excluding hydrogens is 228 g/mol. The first kappa shape index (κ1) is 12.0. The van der Waals surface area contributed by atoms with Gasteiger partial charge in [-0.1, -0.05) is 0 Å². The van der Waals surface area contributed by atoms with E-state index in [1.807, 2.05) is 0 Å². The van der Waals surface area contributed by atoms with Crippen molar-refractivity contribution in [3.05, 3.63) is 34.9 Å². The molecule has 0 unspecified atom stereocenters. The van der Waals surface area contributed by atoms with Crippen molar-refractivity contribution >= 4 is 5.91 Å². The van der Waals surface area contributed by atoms with Crippen LogP contribution < -0.4 is 0 Å². The molecule has 1 saturated heterocycles. The van der Waals surface area contributed by atoms with E-state index in [0.29, 0.717) is 13.2 Å². The quantitative estimate of drug-likeness (QED) is 0.755. The summed E-state index contributed by atoms with van der Waals surface area (Å²) in [6.07, 6.45) is 1.71. The summed E-state index contributed by atoms with van der Waals surface area (Å²) in [6, 6.07) is 1.94. The van der Waals surface area contributed by atoms with Gasteiger partial charge >= 0.3 is 0 Å². The van der Waals surface area contributed by atoms with Crippen LogP contribution in [0.5, 0.6) is 0 Å². The normalized spacial score (nSPS) is 16.1. The highest BCUT2D eigenvalue weighted by Gasteiger charge is 2.23. The molecule has 92 valence electrons. The van der Waals surface area contributed by atoms with Gasteiger partial charge in [-0.05, 0) is 31.4 Å². The smallest absolute Gasteiger partial charge is 0.271 e. The van der Waals surface area contributed by atoms with Gasteiger partial charge in [0.25, 0.3) is 5.91 Å². The summed E-state index contributed by atoms with van der Waals surface area (Å²) in [7, 11) is 0. The van der Waals surface area contributed by atoms with E-state index in [4.69, 9.17) is 4.84 Å². The van der Waals surface area contributed by atoms with Gasteiger partial charge in [-0.25, -0.2) is 13.8 Å². The number of halogens is 2. The maximum Gasteiger partial charge on any atom is 0.280 e. The summed E-state index contributed by atoms with van der Waals surface area (Å²) in [5.74, 6) is -2.06. The van der Waals surface area contributed by atoms with E-state index in [2.05, 4.69) is 0 Å². The van der Waals surface area contributed by atoms with E-state index in [1.165, 1.54) is 13.0 Å². The third-order valence-electron chi connectivity index (χ3n) is 2.71. The minimum absolute atomic E-state index is 0.147. The lowest BCUT2D eigenvalue weighted by Gasteiger charge is -2.26. The number of carbonyl (C=O) groups excluding carboxylic acids is 1. The highest BCUT2D eigenvalue weighted by Crippen LogP contribution is 2.18. The molecule has 17 heavy (non-hydrogen) atoms. The molecular formula is C12H13F2NO2. The number of nitrogens with zero attached hydrogens (tertiary/aromatic N) is 1. The molecule has 0 saturated carbocycles. The predicted molar refractivity (Wildman–Crippen MR) is 57.3 cm³/mol. The average Bonchev–Trinajstić information content (AvgIpc) is 2.34. The Kier molecular flexibility index (Phi) is 3.38. The lowest BCUT2D eigenvalue weighted by molar-refractivity contribution is -0.144. The number of hydrogen-bond donors (Lipinski definition) is 0. The molecule has 0 bridgehead atoms. The van der Waals surface area contributed by atoms with Crippen LogP contribution in [0.2, 0.25) is 0 Å². The largest absolute Gasteiger partial charge is 0.280 e. The fourth-order valence-electron chi connectivity index (χ4n) is 1.71. The lowest BCUT2D eigenvalue weighted by atomic mass is 10.1. The summed E-state index contributed by atoms with van der Waals surface area (Å²) in [5.41, 5.74) is 0.0950. The molecule has 0 N–H and O–H groups in total. The first-order valence-electron chi connectivity index (χ1n) is 5.50. The number of benzene rings is 1. The first-order valence-corrected chi connectivity index (χ1v) is 5.50. The molecule has 1 aromatic carbocycles. The van der Waals surface area contributed by atoms with Gasteiger partial charge in [0.15, 0.2) is 0 Å². The van der Waals surface area contributed by atoms with E-state index in [1.54, 1.807) is 0 Å². The maximum atomic E-state index is 13.5. The maximum absolute atomic E-state index is 13.5. The van der Waals surface area contributed by atoms with Crippen molar-refractivity contribution < 1.29 is 18.4 Å². The van der Waals surface area contributed by atoms with E-state index in [0.717, 1.165) is 24.0 Å². The number of carbonyl (C=O) groups is 1. The highest BCUT2D eigenvalue weighted by atomic mass is 19.1. The third-order valence-corrected chi connectivity index (χ3v) is 2.71. The van der Waals surface area contributed by atoms with Crippen molar-refractivity contribution in [2.75, 3.05) is 13.2 Å². The number of amides is 1. The summed E-state index contributed by atoms with van der Waals surface area (Å²) >= 11 is 0. The van der Waals surface area contributed by atoms with Gasteiger partial charge in [-0.15, -0.1) is 0 Å². The van der Waals surface area contributed by atoms with Crippen LogP contribution in [-0.2, 0) is 4.84 Å². The number of hydrogen-bond acceptors (Lipinski definition) is 2. The molecule has 5 heteroatoms. The number of hydroxylamine groups is 2. The van der Waals surface area contributed by atoms with Gasteiger partial charge in [0, 0.05) is 12.6 Å². The van der Waals surface area contributed by atoms with Gasteiger partial charge in [-0.2, -0.15) is 0 Å². The second-order valence-electron chi connectivity index (χ2n) is 4.03. The molecule has 1 heterocycles. The molecule has 1 fully saturated rings. The van der Waals surface area contributed by atoms with Crippen LogP contribution >= 0.6 is 0 Å². The summed E-state index contributed by atoms with van der Waals surface area (Å²) in [4.78, 5) is 17.1. The minimum atomic E-state index is -0.854. The van der Waals surface area contributed by atoms with Gasteiger partial charge < -0.3 is 0 Å². The third kappa shape index (κ3) is 2.44. The van der Waals surface area contributed by atoms with Gasteiger partial charge in [0.05, 0.1) is 12.2 Å². The number of rotatable bonds is 1. The van der Waals surface area contributed by atoms with Crippen LogP contribution in [0.3, 0.4) is 0 Å². The first-order chi connectivity index (χ1) is 8.09. The molecule has 0 atom stereocenters. The summed E-state index contributed by atoms with van der Waals surface area (Å²) < 4.78 is 26.6. The van der Waals surface area contributed by atoms with E-state index in [-0.39, 0.29) is 11.1 Å². The van der Waals surface area contributed by atoms with Crippen LogP contribution in [-0.4, -0.2) is 24.1 Å². The summed E-state index contributed by atoms with van der Waals surface area (Å²) in [6.45, 7) is 2.38. The Morgan fingerprint density at radius 3 is 2.71 bits per heavy atom. The van der Waals surface area contributed by atoms with Crippen LogP contribution in [0.25, 0.3) is 0 Å². The topological polar surface area (TPSA) is 29.5 Å². The monoisotopic (exact) mass is 241 g/mol. The van der Waals surface area contributed by atoms with Crippen molar-refractivity contribution in [3.8, 4) is 0 Å². The molecule has 1 aromatic rings. The second kappa shape index (κ2) is 4.79. The van der Waals surface area contributed by atoms with Crippen molar-refractivity contribution in [1.82, 2.24) is 5.06 Å². The highest BCUT2D eigenvalue weighted by molar-refractivity contribution is 5.94. The molecule has 0 spiro atoms. The van der Waals surface area contributed by atoms with Crippen molar-refractivity contribution in [1.29, 1.82) is 0 Å². The van der Waals surface area contributed by atoms with Crippen molar-refractivity contribution in [2.24, 2.45) is 0 Å². The van der Waals surface area contributed by atoms with E-state index < -0.39 is 17.5 Å². The van der Waals surface area contributed by atoms with E-state index in [9.17, 15) is 13.6 Å². The lowest BCUT2D eigenvalue weighted by Crippen LogP contribution is -2.36. The Hall–Kier alpha value is -1.49. The molecule has 1 aliphatic heterocycles. The molecule has 0 aliphatic carbocycles. The Balaban J connectivity index is 2.26. The molecule has 1 aliphatic rings. The zero-order chi connectivity index (χ0) is 12.4. The Morgan fingerprint density at radius 1 is 1.29 bits per heavy atom. The Morgan fingerprint density at radius 2 is 2.06 bits per heavy atom. The average molecular weight is 241 g/mol. The second-order valence-corrected chi connectivity index (χ2v) is 4.03. The molecule has 1 amide bonds. The Labute approximate surface area is 97.9 Å². The van der Waals surface area contributed by atoms with Gasteiger partial charge in [0.2, 0.25) is 0 Å². The van der Waals surface area contributed by atoms with Crippen LogP contribution in [0, 0.1) is 18.6 Å². The SMILES string of the molecule is Cc1cc(C(=O)N2CCCCO2)c(F)cc1F. The molecule has 2 rings (SSSR count).